The first-order valence-electron chi connectivity index (χ1n) is 17.1. The lowest BCUT2D eigenvalue weighted by molar-refractivity contribution is -0.111. The molecule has 1 atom stereocenters. The van der Waals surface area contributed by atoms with E-state index < -0.39 is 0 Å². The molecule has 0 radical (unpaired) electrons. The van der Waals surface area contributed by atoms with Crippen LogP contribution in [0.1, 0.15) is 43.7 Å². The van der Waals surface area contributed by atoms with E-state index in [-0.39, 0.29) is 11.9 Å². The summed E-state index contributed by atoms with van der Waals surface area (Å²) in [5.74, 6) is 2.37. The van der Waals surface area contributed by atoms with Gasteiger partial charge in [-0.25, -0.2) is 15.0 Å². The number of aromatic nitrogens is 2. The van der Waals surface area contributed by atoms with E-state index >= 15 is 0 Å². The van der Waals surface area contributed by atoms with Crippen molar-refractivity contribution in [1.82, 2.24) is 19.8 Å². The summed E-state index contributed by atoms with van der Waals surface area (Å²) in [6, 6.07) is 15.2. The average Bonchev–Trinajstić information content (AvgIpc) is 3.87. The zero-order chi connectivity index (χ0) is 33.0. The van der Waals surface area contributed by atoms with Gasteiger partial charge in [0.05, 0.1) is 43.9 Å². The second kappa shape index (κ2) is 14.4. The molecule has 48 heavy (non-hydrogen) atoms. The van der Waals surface area contributed by atoms with Crippen molar-refractivity contribution >= 4 is 34.6 Å². The lowest BCUT2D eigenvalue weighted by Crippen LogP contribution is -2.53. The third-order valence-electron chi connectivity index (χ3n) is 10.0. The van der Waals surface area contributed by atoms with Crippen molar-refractivity contribution in [2.24, 2.45) is 0 Å². The molecule has 3 saturated heterocycles. The number of amides is 1. The summed E-state index contributed by atoms with van der Waals surface area (Å²) < 4.78 is 11.3. The summed E-state index contributed by atoms with van der Waals surface area (Å²) in [5.41, 5.74) is 3.37. The number of hydrogen-bond donors (Lipinski definition) is 2. The van der Waals surface area contributed by atoms with E-state index in [0.29, 0.717) is 41.4 Å². The highest BCUT2D eigenvalue weighted by Crippen LogP contribution is 2.41. The molecule has 1 aromatic heterocycles. The third-order valence-corrected chi connectivity index (χ3v) is 10.0. The van der Waals surface area contributed by atoms with Crippen molar-refractivity contribution < 1.29 is 19.1 Å². The predicted octanol–water partition coefficient (Wildman–Crippen LogP) is 4.99. The minimum atomic E-state index is -0.269. The van der Waals surface area contributed by atoms with Gasteiger partial charge in [0.1, 0.15) is 23.6 Å². The number of ether oxygens (including phenoxy) is 2. The van der Waals surface area contributed by atoms with Crippen LogP contribution >= 0.6 is 0 Å². The Bertz CT molecular complexity index is 1600. The van der Waals surface area contributed by atoms with Gasteiger partial charge in [-0.2, -0.15) is 0 Å². The molecule has 12 heteroatoms. The van der Waals surface area contributed by atoms with Crippen LogP contribution in [-0.4, -0.2) is 97.9 Å². The van der Waals surface area contributed by atoms with Gasteiger partial charge in [-0.05, 0) is 55.5 Å². The number of nitrogens with one attached hydrogen (secondary N) is 2. The molecule has 1 unspecified atom stereocenters. The van der Waals surface area contributed by atoms with Gasteiger partial charge in [-0.1, -0.05) is 18.7 Å². The van der Waals surface area contributed by atoms with Gasteiger partial charge >= 0.3 is 0 Å². The van der Waals surface area contributed by atoms with Crippen LogP contribution in [0.25, 0.3) is 0 Å². The van der Waals surface area contributed by atoms with Crippen molar-refractivity contribution in [3.05, 3.63) is 67.0 Å². The van der Waals surface area contributed by atoms with E-state index in [1.54, 1.807) is 14.2 Å². The molecular formula is C36H46N8O4. The summed E-state index contributed by atoms with van der Waals surface area (Å²) >= 11 is 0. The second-order valence-corrected chi connectivity index (χ2v) is 12.9. The van der Waals surface area contributed by atoms with Gasteiger partial charge in [0.25, 0.3) is 0 Å². The van der Waals surface area contributed by atoms with Crippen LogP contribution in [0.5, 0.6) is 11.5 Å². The predicted molar refractivity (Wildman–Crippen MR) is 187 cm³/mol. The molecule has 7 rings (SSSR count). The Morgan fingerprint density at radius 1 is 0.896 bits per heavy atom. The van der Waals surface area contributed by atoms with Crippen molar-refractivity contribution in [1.29, 1.82) is 0 Å². The van der Waals surface area contributed by atoms with Gasteiger partial charge in [-0.15, -0.1) is 0 Å². The monoisotopic (exact) mass is 654 g/mol. The van der Waals surface area contributed by atoms with Crippen molar-refractivity contribution in [2.45, 2.75) is 50.2 Å². The molecule has 0 bridgehead atoms. The number of carbonyl (C=O) groups is 1. The molecule has 4 aliphatic rings. The van der Waals surface area contributed by atoms with E-state index in [1.807, 2.05) is 41.5 Å². The summed E-state index contributed by atoms with van der Waals surface area (Å²) in [4.78, 5) is 35.4. The second-order valence-electron chi connectivity index (χ2n) is 12.9. The van der Waals surface area contributed by atoms with Gasteiger partial charge in [0.15, 0.2) is 5.82 Å². The quantitative estimate of drug-likeness (QED) is 0.273. The fourth-order valence-corrected chi connectivity index (χ4v) is 7.28. The minimum absolute atomic E-state index is 0.0196. The fourth-order valence-electron chi connectivity index (χ4n) is 7.28. The van der Waals surface area contributed by atoms with Crippen LogP contribution < -0.4 is 30.1 Å². The molecular weight excluding hydrogens is 608 g/mol. The maximum atomic E-state index is 12.6. The minimum Gasteiger partial charge on any atom is -0.497 e. The van der Waals surface area contributed by atoms with E-state index in [2.05, 4.69) is 47.9 Å². The summed E-state index contributed by atoms with van der Waals surface area (Å²) in [6.45, 7) is 10.8. The van der Waals surface area contributed by atoms with Crippen molar-refractivity contribution in [3.8, 4) is 11.5 Å². The summed E-state index contributed by atoms with van der Waals surface area (Å²) in [5, 5.41) is 8.27. The number of piperazine rings is 1. The summed E-state index contributed by atoms with van der Waals surface area (Å²) in [7, 11) is 3.32. The number of rotatable bonds is 11. The lowest BCUT2D eigenvalue weighted by Gasteiger charge is -2.43. The van der Waals surface area contributed by atoms with E-state index in [4.69, 9.17) is 14.3 Å². The first-order valence-corrected chi connectivity index (χ1v) is 17.1. The maximum Gasteiger partial charge on any atom is 0.247 e. The number of carbonyl (C=O) groups excluding carboxylic acids is 1. The molecule has 2 N–H and O–H groups in total. The third kappa shape index (κ3) is 7.06. The number of methoxy groups -OCH3 is 2. The lowest BCUT2D eigenvalue weighted by atomic mass is 10.0. The van der Waals surface area contributed by atoms with Crippen LogP contribution in [0.3, 0.4) is 0 Å². The Hall–Kier alpha value is -4.39. The van der Waals surface area contributed by atoms with Gasteiger partial charge in [0.2, 0.25) is 5.91 Å². The van der Waals surface area contributed by atoms with Crippen LogP contribution in [0, 0.1) is 0 Å². The zero-order valence-corrected chi connectivity index (χ0v) is 27.9. The van der Waals surface area contributed by atoms with Gasteiger partial charge < -0.3 is 25.0 Å². The SMILES string of the molecule is C=CC(=O)Nc1cc(Nc2cc(N3OCCC3c3cccc(OC)c3)ncn2)c(OC)cc1N1CCC(N2CCN(C3CC3)CC2)CC1. The highest BCUT2D eigenvalue weighted by molar-refractivity contribution is 6.02. The highest BCUT2D eigenvalue weighted by Gasteiger charge is 2.34. The molecule has 12 nitrogen and oxygen atoms in total. The number of benzene rings is 2. The largest absolute Gasteiger partial charge is 0.497 e. The zero-order valence-electron chi connectivity index (χ0n) is 27.9. The molecule has 254 valence electrons. The number of anilines is 5. The van der Waals surface area contributed by atoms with E-state index in [9.17, 15) is 4.79 Å². The Morgan fingerprint density at radius 2 is 1.65 bits per heavy atom. The Labute approximate surface area is 282 Å². The molecule has 2 aromatic carbocycles. The summed E-state index contributed by atoms with van der Waals surface area (Å²) in [6.07, 6.45) is 8.54. The average molecular weight is 655 g/mol. The van der Waals surface area contributed by atoms with Crippen molar-refractivity contribution in [3.63, 3.8) is 0 Å². The molecule has 1 amide bonds. The van der Waals surface area contributed by atoms with Gasteiger partial charge in [0, 0.05) is 69.9 Å². The first kappa shape index (κ1) is 32.2. The normalized spacial score (nSPS) is 20.8. The smallest absolute Gasteiger partial charge is 0.247 e. The fraction of sp³-hybridized carbons (Fsp3) is 0.472. The Kier molecular flexibility index (Phi) is 9.64. The number of hydrogen-bond acceptors (Lipinski definition) is 11. The maximum absolute atomic E-state index is 12.6. The first-order chi connectivity index (χ1) is 23.5. The van der Waals surface area contributed by atoms with Crippen LogP contribution in [0.2, 0.25) is 0 Å². The van der Waals surface area contributed by atoms with Crippen LogP contribution in [0.15, 0.2) is 61.4 Å². The molecule has 1 aliphatic carbocycles. The van der Waals surface area contributed by atoms with E-state index in [0.717, 1.165) is 68.5 Å². The molecule has 3 aromatic rings. The molecule has 3 aliphatic heterocycles. The van der Waals surface area contributed by atoms with Gasteiger partial charge in [-0.3, -0.25) is 19.4 Å². The molecule has 4 heterocycles. The standard InChI is InChI=1S/C36H46N8O4/c1-4-36(45)40-29-21-30(39-34-23-35(38-24-37-34)44-31(12-19-48-44)25-6-5-7-28(20-25)46-2)33(47-3)22-32(29)43-13-10-27(11-14-43)42-17-15-41(16-18-42)26-8-9-26/h4-7,20-24,26-27,31H,1,8-19H2,2-3H3,(H,40,45)(H,37,38,39). The molecule has 1 saturated carbocycles. The Morgan fingerprint density at radius 3 is 2.33 bits per heavy atom. The molecule has 0 spiro atoms. The van der Waals surface area contributed by atoms with Crippen LogP contribution in [0.4, 0.5) is 28.7 Å². The highest BCUT2D eigenvalue weighted by atomic mass is 16.7. The molecule has 4 fully saturated rings. The van der Waals surface area contributed by atoms with Crippen LogP contribution in [-0.2, 0) is 9.63 Å². The van der Waals surface area contributed by atoms with E-state index in [1.165, 1.54) is 38.3 Å². The number of hydroxylamine groups is 1. The van der Waals surface area contributed by atoms with Crippen molar-refractivity contribution in [2.75, 3.05) is 80.7 Å². The number of nitrogens with zero attached hydrogens (tertiary/aromatic N) is 6. The topological polar surface area (TPSA) is 108 Å². The Balaban J connectivity index is 1.08. The number of piperidine rings is 1.